The van der Waals surface area contributed by atoms with Gasteiger partial charge in [0.25, 0.3) is 0 Å². The molecule has 7 nitrogen and oxygen atoms in total. The number of furan rings is 1. The van der Waals surface area contributed by atoms with Crippen molar-refractivity contribution >= 4 is 5.96 Å². The van der Waals surface area contributed by atoms with Gasteiger partial charge in [0, 0.05) is 32.4 Å². The summed E-state index contributed by atoms with van der Waals surface area (Å²) < 4.78 is 11.4. The fourth-order valence-corrected chi connectivity index (χ4v) is 3.63. The molecule has 3 heterocycles. The van der Waals surface area contributed by atoms with E-state index in [0.29, 0.717) is 12.4 Å². The molecule has 2 aromatic rings. The predicted molar refractivity (Wildman–Crippen MR) is 113 cm³/mol. The first-order valence-electron chi connectivity index (χ1n) is 10.6. The molecule has 7 heteroatoms. The van der Waals surface area contributed by atoms with Crippen LogP contribution in [0.1, 0.15) is 43.0 Å². The van der Waals surface area contributed by atoms with Gasteiger partial charge in [-0.1, -0.05) is 6.07 Å². The van der Waals surface area contributed by atoms with Gasteiger partial charge in [-0.3, -0.25) is 9.89 Å². The van der Waals surface area contributed by atoms with E-state index in [1.165, 1.54) is 25.7 Å². The van der Waals surface area contributed by atoms with E-state index in [9.17, 15) is 0 Å². The number of pyridine rings is 1. The van der Waals surface area contributed by atoms with Gasteiger partial charge in [0.1, 0.15) is 5.76 Å². The van der Waals surface area contributed by atoms with Crippen molar-refractivity contribution in [3.05, 3.63) is 48.0 Å². The minimum absolute atomic E-state index is 0.218. The first-order valence-corrected chi connectivity index (χ1v) is 10.6. The Morgan fingerprint density at radius 1 is 1.28 bits per heavy atom. The van der Waals surface area contributed by atoms with Crippen molar-refractivity contribution < 1.29 is 9.15 Å². The number of hydrogen-bond donors (Lipinski definition) is 2. The number of hydrogen-bond acceptors (Lipinski definition) is 5. The topological polar surface area (TPSA) is 74.9 Å². The summed E-state index contributed by atoms with van der Waals surface area (Å²) in [6, 6.07) is 8.22. The van der Waals surface area contributed by atoms with Crippen LogP contribution in [0.4, 0.5) is 0 Å². The van der Waals surface area contributed by atoms with Gasteiger partial charge in [-0.25, -0.2) is 4.98 Å². The summed E-state index contributed by atoms with van der Waals surface area (Å²) in [7, 11) is 1.79. The van der Waals surface area contributed by atoms with Crippen LogP contribution in [-0.2, 0) is 6.54 Å². The number of nitrogens with one attached hydrogen (secondary N) is 2. The largest absolute Gasteiger partial charge is 0.477 e. The van der Waals surface area contributed by atoms with Gasteiger partial charge >= 0.3 is 0 Å². The smallest absolute Gasteiger partial charge is 0.213 e. The summed E-state index contributed by atoms with van der Waals surface area (Å²) >= 11 is 0. The first-order chi connectivity index (χ1) is 14.3. The van der Waals surface area contributed by atoms with Crippen molar-refractivity contribution in [2.45, 2.75) is 38.3 Å². The van der Waals surface area contributed by atoms with E-state index in [1.807, 2.05) is 24.4 Å². The van der Waals surface area contributed by atoms with E-state index >= 15 is 0 Å². The Kier molecular flexibility index (Phi) is 6.67. The maximum absolute atomic E-state index is 5.70. The Bertz CT molecular complexity index is 765. The number of likely N-dealkylation sites (tertiary alicyclic amines) is 1. The van der Waals surface area contributed by atoms with E-state index in [-0.39, 0.29) is 6.04 Å². The molecule has 0 radical (unpaired) electrons. The normalized spacial score (nSPS) is 18.6. The molecule has 1 atom stereocenters. The molecule has 4 rings (SSSR count). The summed E-state index contributed by atoms with van der Waals surface area (Å²) in [5.74, 6) is 3.21. The van der Waals surface area contributed by atoms with Gasteiger partial charge < -0.3 is 19.8 Å². The number of aliphatic imine (C=N–C) groups is 1. The van der Waals surface area contributed by atoms with Crippen LogP contribution in [0.25, 0.3) is 0 Å². The summed E-state index contributed by atoms with van der Waals surface area (Å²) in [5, 5.41) is 6.81. The number of guanidine groups is 1. The quantitative estimate of drug-likeness (QED) is 0.501. The molecule has 1 aliphatic carbocycles. The maximum atomic E-state index is 5.70. The van der Waals surface area contributed by atoms with Crippen LogP contribution in [0.3, 0.4) is 0 Å². The molecular formula is C22H31N5O2. The molecule has 2 fully saturated rings. The molecule has 29 heavy (non-hydrogen) atoms. The Balaban J connectivity index is 1.26. The molecule has 2 aromatic heterocycles. The highest BCUT2D eigenvalue weighted by Crippen LogP contribution is 2.29. The highest BCUT2D eigenvalue weighted by molar-refractivity contribution is 5.79. The van der Waals surface area contributed by atoms with E-state index in [2.05, 4.69) is 31.6 Å². The van der Waals surface area contributed by atoms with Gasteiger partial charge in [0.15, 0.2) is 5.96 Å². The van der Waals surface area contributed by atoms with Crippen molar-refractivity contribution in [2.24, 2.45) is 10.9 Å². The third-order valence-electron chi connectivity index (χ3n) is 5.56. The summed E-state index contributed by atoms with van der Waals surface area (Å²) in [6.45, 7) is 4.42. The fraction of sp³-hybridized carbons (Fsp3) is 0.545. The zero-order valence-corrected chi connectivity index (χ0v) is 17.1. The summed E-state index contributed by atoms with van der Waals surface area (Å²) in [5.41, 5.74) is 1.09. The highest BCUT2D eigenvalue weighted by Gasteiger charge is 2.25. The second kappa shape index (κ2) is 9.78. The van der Waals surface area contributed by atoms with Crippen LogP contribution in [0.5, 0.6) is 5.88 Å². The average molecular weight is 398 g/mol. The third kappa shape index (κ3) is 5.73. The molecule has 2 N–H and O–H groups in total. The Labute approximate surface area is 172 Å². The van der Waals surface area contributed by atoms with Crippen molar-refractivity contribution in [1.29, 1.82) is 0 Å². The monoisotopic (exact) mass is 397 g/mol. The molecule has 1 saturated carbocycles. The van der Waals surface area contributed by atoms with Gasteiger partial charge in [-0.15, -0.1) is 0 Å². The van der Waals surface area contributed by atoms with Gasteiger partial charge in [0.2, 0.25) is 5.88 Å². The number of rotatable bonds is 9. The zero-order chi connectivity index (χ0) is 19.9. The minimum atomic E-state index is 0.218. The Morgan fingerprint density at radius 2 is 2.14 bits per heavy atom. The molecule has 2 aliphatic rings. The first kappa shape index (κ1) is 19.8. The second-order valence-electron chi connectivity index (χ2n) is 7.84. The molecule has 156 valence electrons. The summed E-state index contributed by atoms with van der Waals surface area (Å²) in [4.78, 5) is 11.2. The fourth-order valence-electron chi connectivity index (χ4n) is 3.63. The molecule has 1 unspecified atom stereocenters. The molecule has 0 bridgehead atoms. The van der Waals surface area contributed by atoms with Crippen molar-refractivity contribution in [2.75, 3.05) is 33.3 Å². The molecule has 0 amide bonds. The van der Waals surface area contributed by atoms with E-state index in [1.54, 1.807) is 13.3 Å². The Hall–Kier alpha value is -2.54. The van der Waals surface area contributed by atoms with Crippen molar-refractivity contribution in [1.82, 2.24) is 20.5 Å². The molecule has 0 aromatic carbocycles. The average Bonchev–Trinajstić information content (AvgIpc) is 3.19. The maximum Gasteiger partial charge on any atom is 0.213 e. The van der Waals surface area contributed by atoms with E-state index < -0.39 is 0 Å². The summed E-state index contributed by atoms with van der Waals surface area (Å²) in [6.07, 6.45) is 8.67. The molecule has 1 aliphatic heterocycles. The van der Waals surface area contributed by atoms with Gasteiger partial charge in [-0.2, -0.15) is 0 Å². The zero-order valence-electron chi connectivity index (χ0n) is 17.1. The standard InChI is InChI=1S/C22H31N5O2/c1-23-22(25-14-18-8-9-21(24-13-18)29-16-17-6-7-17)26-15-19(20-5-4-12-28-20)27-10-2-3-11-27/h4-5,8-9,12-13,17,19H,2-3,6-7,10-11,14-16H2,1H3,(H2,23,25,26). The SMILES string of the molecule is CN=C(NCc1ccc(OCC2CC2)nc1)NCC(c1ccco1)N1CCCC1. The van der Waals surface area contributed by atoms with Crippen LogP contribution in [0.2, 0.25) is 0 Å². The second-order valence-corrected chi connectivity index (χ2v) is 7.84. The van der Waals surface area contributed by atoms with Gasteiger partial charge in [0.05, 0.1) is 18.9 Å². The van der Waals surface area contributed by atoms with Crippen LogP contribution < -0.4 is 15.4 Å². The molecule has 1 saturated heterocycles. The van der Waals surface area contributed by atoms with Gasteiger partial charge in [-0.05, 0) is 62.4 Å². The number of ether oxygens (including phenoxy) is 1. The third-order valence-corrected chi connectivity index (χ3v) is 5.56. The van der Waals surface area contributed by atoms with Crippen molar-refractivity contribution in [3.63, 3.8) is 0 Å². The van der Waals surface area contributed by atoms with Crippen LogP contribution in [0, 0.1) is 5.92 Å². The number of nitrogens with zero attached hydrogens (tertiary/aromatic N) is 3. The highest BCUT2D eigenvalue weighted by atomic mass is 16.5. The van der Waals surface area contributed by atoms with Crippen LogP contribution >= 0.6 is 0 Å². The van der Waals surface area contributed by atoms with Crippen LogP contribution in [0.15, 0.2) is 46.1 Å². The lowest BCUT2D eigenvalue weighted by molar-refractivity contribution is 0.215. The molecular weight excluding hydrogens is 366 g/mol. The van der Waals surface area contributed by atoms with E-state index in [0.717, 1.165) is 49.4 Å². The lowest BCUT2D eigenvalue weighted by atomic mass is 10.2. The lowest BCUT2D eigenvalue weighted by Crippen LogP contribution is -2.42. The lowest BCUT2D eigenvalue weighted by Gasteiger charge is -2.26. The van der Waals surface area contributed by atoms with Crippen LogP contribution in [-0.4, -0.2) is 49.1 Å². The Morgan fingerprint density at radius 3 is 2.79 bits per heavy atom. The number of aromatic nitrogens is 1. The molecule has 0 spiro atoms. The predicted octanol–water partition coefficient (Wildman–Crippen LogP) is 2.97. The van der Waals surface area contributed by atoms with E-state index in [4.69, 9.17) is 9.15 Å². The van der Waals surface area contributed by atoms with Crippen molar-refractivity contribution in [3.8, 4) is 5.88 Å². The minimum Gasteiger partial charge on any atom is -0.477 e.